The van der Waals surface area contributed by atoms with Gasteiger partial charge in [-0.3, -0.25) is 0 Å². The molecule has 98 valence electrons. The SMILES string of the molecule is c1cc2c(cc1-c1cc3c([nH]1)CCNC3)OCCO2. The third-order valence-electron chi connectivity index (χ3n) is 3.71. The Morgan fingerprint density at radius 3 is 2.79 bits per heavy atom. The first-order chi connectivity index (χ1) is 9.40. The van der Waals surface area contributed by atoms with E-state index in [-0.39, 0.29) is 0 Å². The van der Waals surface area contributed by atoms with Gasteiger partial charge in [0.2, 0.25) is 0 Å². The Morgan fingerprint density at radius 2 is 1.89 bits per heavy atom. The zero-order chi connectivity index (χ0) is 12.7. The van der Waals surface area contributed by atoms with Crippen LogP contribution in [-0.2, 0) is 13.0 Å². The molecule has 4 heteroatoms. The lowest BCUT2D eigenvalue weighted by Crippen LogP contribution is -2.22. The predicted octanol–water partition coefficient (Wildman–Crippen LogP) is 2.10. The molecule has 1 aromatic carbocycles. The summed E-state index contributed by atoms with van der Waals surface area (Å²) in [6.45, 7) is 3.26. The molecule has 0 bridgehead atoms. The van der Waals surface area contributed by atoms with E-state index in [4.69, 9.17) is 9.47 Å². The lowest BCUT2D eigenvalue weighted by atomic mass is 10.1. The van der Waals surface area contributed by atoms with E-state index < -0.39 is 0 Å². The Balaban J connectivity index is 1.73. The molecule has 2 N–H and O–H groups in total. The molecule has 2 aromatic rings. The summed E-state index contributed by atoms with van der Waals surface area (Å²) in [5.41, 5.74) is 5.03. The molecular formula is C15H16N2O2. The molecule has 2 aliphatic heterocycles. The molecule has 2 aliphatic rings. The number of nitrogens with one attached hydrogen (secondary N) is 2. The Morgan fingerprint density at radius 1 is 1.00 bits per heavy atom. The highest BCUT2D eigenvalue weighted by Gasteiger charge is 2.16. The van der Waals surface area contributed by atoms with Gasteiger partial charge >= 0.3 is 0 Å². The second-order valence-corrected chi connectivity index (χ2v) is 4.97. The molecule has 0 unspecified atom stereocenters. The third-order valence-corrected chi connectivity index (χ3v) is 3.71. The van der Waals surface area contributed by atoms with Gasteiger partial charge in [-0.05, 0) is 29.8 Å². The summed E-state index contributed by atoms with van der Waals surface area (Å²) in [6.07, 6.45) is 1.07. The van der Waals surface area contributed by atoms with Crippen molar-refractivity contribution in [2.75, 3.05) is 19.8 Å². The first-order valence-corrected chi connectivity index (χ1v) is 6.72. The fraction of sp³-hybridized carbons (Fsp3) is 0.333. The van der Waals surface area contributed by atoms with Gasteiger partial charge in [0.15, 0.2) is 11.5 Å². The Labute approximate surface area is 111 Å². The highest BCUT2D eigenvalue weighted by Crippen LogP contribution is 2.35. The van der Waals surface area contributed by atoms with Crippen LogP contribution in [-0.4, -0.2) is 24.7 Å². The summed E-state index contributed by atoms with van der Waals surface area (Å²) < 4.78 is 11.2. The second-order valence-electron chi connectivity index (χ2n) is 4.97. The van der Waals surface area contributed by atoms with Crippen molar-refractivity contribution >= 4 is 0 Å². The maximum atomic E-state index is 5.64. The highest BCUT2D eigenvalue weighted by molar-refractivity contribution is 5.66. The minimum atomic E-state index is 0.627. The van der Waals surface area contributed by atoms with Gasteiger partial charge in [0.25, 0.3) is 0 Å². The van der Waals surface area contributed by atoms with Gasteiger partial charge in [-0.25, -0.2) is 0 Å². The van der Waals surface area contributed by atoms with Gasteiger partial charge in [-0.2, -0.15) is 0 Å². The van der Waals surface area contributed by atoms with Crippen LogP contribution in [0.5, 0.6) is 11.5 Å². The van der Waals surface area contributed by atoms with Crippen LogP contribution < -0.4 is 14.8 Å². The Kier molecular flexibility index (Phi) is 2.48. The Bertz CT molecular complexity index is 595. The van der Waals surface area contributed by atoms with E-state index in [1.807, 2.05) is 6.07 Å². The zero-order valence-electron chi connectivity index (χ0n) is 10.7. The summed E-state index contributed by atoms with van der Waals surface area (Å²) >= 11 is 0. The number of ether oxygens (including phenoxy) is 2. The van der Waals surface area contributed by atoms with Gasteiger partial charge in [-0.1, -0.05) is 0 Å². The van der Waals surface area contributed by atoms with Crippen molar-refractivity contribution in [2.24, 2.45) is 0 Å². The summed E-state index contributed by atoms with van der Waals surface area (Å²) in [5, 5.41) is 3.39. The molecule has 0 spiro atoms. The van der Waals surface area contributed by atoms with Crippen molar-refractivity contribution in [3.05, 3.63) is 35.5 Å². The molecular weight excluding hydrogens is 240 g/mol. The van der Waals surface area contributed by atoms with E-state index in [1.165, 1.54) is 11.3 Å². The van der Waals surface area contributed by atoms with Crippen LogP contribution in [0.15, 0.2) is 24.3 Å². The van der Waals surface area contributed by atoms with Crippen molar-refractivity contribution in [3.63, 3.8) is 0 Å². The van der Waals surface area contributed by atoms with Crippen LogP contribution in [0.1, 0.15) is 11.3 Å². The van der Waals surface area contributed by atoms with Crippen molar-refractivity contribution in [2.45, 2.75) is 13.0 Å². The first kappa shape index (κ1) is 10.9. The van der Waals surface area contributed by atoms with E-state index in [1.54, 1.807) is 0 Å². The van der Waals surface area contributed by atoms with Gasteiger partial charge in [0.1, 0.15) is 13.2 Å². The fourth-order valence-electron chi connectivity index (χ4n) is 2.72. The number of hydrogen-bond donors (Lipinski definition) is 2. The highest BCUT2D eigenvalue weighted by atomic mass is 16.6. The maximum Gasteiger partial charge on any atom is 0.162 e. The minimum absolute atomic E-state index is 0.627. The summed E-state index contributed by atoms with van der Waals surface area (Å²) in [7, 11) is 0. The van der Waals surface area contributed by atoms with E-state index in [0.29, 0.717) is 13.2 Å². The lowest BCUT2D eigenvalue weighted by molar-refractivity contribution is 0.171. The maximum absolute atomic E-state index is 5.64. The van der Waals surface area contributed by atoms with Crippen LogP contribution in [0, 0.1) is 0 Å². The number of rotatable bonds is 1. The quantitative estimate of drug-likeness (QED) is 0.821. The van der Waals surface area contributed by atoms with Crippen molar-refractivity contribution in [3.8, 4) is 22.8 Å². The minimum Gasteiger partial charge on any atom is -0.486 e. The van der Waals surface area contributed by atoms with Crippen LogP contribution in [0.2, 0.25) is 0 Å². The summed E-state index contributed by atoms with van der Waals surface area (Å²) in [6, 6.07) is 8.35. The molecule has 0 fully saturated rings. The number of aromatic amines is 1. The van der Waals surface area contributed by atoms with Gasteiger partial charge in [0, 0.05) is 36.5 Å². The average Bonchev–Trinajstić information content (AvgIpc) is 2.90. The normalized spacial score (nSPS) is 17.1. The van der Waals surface area contributed by atoms with Crippen molar-refractivity contribution < 1.29 is 9.47 Å². The molecule has 0 amide bonds. The standard InChI is InChI=1S/C15H16N2O2/c1-2-14-15(19-6-5-18-14)8-10(1)13-7-11-9-16-4-3-12(11)17-13/h1-2,7-8,16-17H,3-6,9H2. The zero-order valence-corrected chi connectivity index (χ0v) is 10.7. The molecule has 0 atom stereocenters. The van der Waals surface area contributed by atoms with E-state index in [2.05, 4.69) is 28.5 Å². The predicted molar refractivity (Wildman–Crippen MR) is 72.6 cm³/mol. The van der Waals surface area contributed by atoms with Gasteiger partial charge < -0.3 is 19.8 Å². The summed E-state index contributed by atoms with van der Waals surface area (Å²) in [5.74, 6) is 1.68. The van der Waals surface area contributed by atoms with Gasteiger partial charge in [-0.15, -0.1) is 0 Å². The number of benzene rings is 1. The smallest absolute Gasteiger partial charge is 0.162 e. The lowest BCUT2D eigenvalue weighted by Gasteiger charge is -2.18. The number of aromatic nitrogens is 1. The van der Waals surface area contributed by atoms with E-state index in [0.717, 1.165) is 42.3 Å². The monoisotopic (exact) mass is 256 g/mol. The van der Waals surface area contributed by atoms with Crippen LogP contribution in [0.25, 0.3) is 11.3 Å². The molecule has 19 heavy (non-hydrogen) atoms. The largest absolute Gasteiger partial charge is 0.486 e. The number of H-pyrrole nitrogens is 1. The second kappa shape index (κ2) is 4.31. The molecule has 1 aromatic heterocycles. The van der Waals surface area contributed by atoms with Crippen LogP contribution >= 0.6 is 0 Å². The van der Waals surface area contributed by atoms with E-state index in [9.17, 15) is 0 Å². The topological polar surface area (TPSA) is 46.3 Å². The Hall–Kier alpha value is -1.94. The molecule has 0 aliphatic carbocycles. The van der Waals surface area contributed by atoms with Crippen molar-refractivity contribution in [1.82, 2.24) is 10.3 Å². The number of hydrogen-bond acceptors (Lipinski definition) is 3. The summed E-state index contributed by atoms with van der Waals surface area (Å²) in [4.78, 5) is 3.52. The number of fused-ring (bicyclic) bond motifs is 2. The van der Waals surface area contributed by atoms with Gasteiger partial charge in [0.05, 0.1) is 0 Å². The third kappa shape index (κ3) is 1.88. The molecule has 3 heterocycles. The van der Waals surface area contributed by atoms with Crippen molar-refractivity contribution in [1.29, 1.82) is 0 Å². The molecule has 0 saturated heterocycles. The van der Waals surface area contributed by atoms with Crippen LogP contribution in [0.4, 0.5) is 0 Å². The molecule has 4 rings (SSSR count). The fourth-order valence-corrected chi connectivity index (χ4v) is 2.72. The molecule has 4 nitrogen and oxygen atoms in total. The molecule has 0 radical (unpaired) electrons. The molecule has 0 saturated carbocycles. The average molecular weight is 256 g/mol. The van der Waals surface area contributed by atoms with Crippen LogP contribution in [0.3, 0.4) is 0 Å². The van der Waals surface area contributed by atoms with E-state index >= 15 is 0 Å². The first-order valence-electron chi connectivity index (χ1n) is 6.72.